The van der Waals surface area contributed by atoms with E-state index < -0.39 is 0 Å². The van der Waals surface area contributed by atoms with Gasteiger partial charge in [-0.1, -0.05) is 30.3 Å². The molecule has 2 atom stereocenters. The van der Waals surface area contributed by atoms with Gasteiger partial charge in [0.25, 0.3) is 0 Å². The zero-order chi connectivity index (χ0) is 8.10. The third kappa shape index (κ3) is 3.85. The highest BCUT2D eigenvalue weighted by Gasteiger charge is 1.97. The number of hydrogen-bond donors (Lipinski definition) is 1. The molecule has 0 heterocycles. The van der Waals surface area contributed by atoms with Crippen LogP contribution in [0.1, 0.15) is 12.5 Å². The van der Waals surface area contributed by atoms with Crippen molar-refractivity contribution in [3.63, 3.8) is 0 Å². The fourth-order valence-electron chi connectivity index (χ4n) is 1.07. The molecule has 0 aliphatic rings. The van der Waals surface area contributed by atoms with Gasteiger partial charge in [0.05, 0.1) is 0 Å². The molecular weight excluding hydrogens is 165 g/mol. The Balaban J connectivity index is 0.00000121. The van der Waals surface area contributed by atoms with Gasteiger partial charge in [0.1, 0.15) is 0 Å². The second-order valence-corrected chi connectivity index (χ2v) is 2.88. The highest BCUT2D eigenvalue weighted by molar-refractivity contribution is 6.92. The van der Waals surface area contributed by atoms with Crippen LogP contribution in [0.2, 0.25) is 0 Å². The molecule has 0 saturated heterocycles. The average Bonchev–Trinajstić information content (AvgIpc) is 2.06. The number of benzene rings is 1. The van der Waals surface area contributed by atoms with Crippen LogP contribution in [0.15, 0.2) is 30.3 Å². The minimum atomic E-state index is 0. The SMILES string of the molecule is CNC(C)Cc1ccccc1.P. The van der Waals surface area contributed by atoms with Crippen molar-refractivity contribution in [2.75, 3.05) is 7.05 Å². The van der Waals surface area contributed by atoms with E-state index in [1.165, 1.54) is 5.56 Å². The van der Waals surface area contributed by atoms with E-state index in [2.05, 4.69) is 36.5 Å². The van der Waals surface area contributed by atoms with Crippen molar-refractivity contribution in [3.05, 3.63) is 35.9 Å². The molecule has 0 amide bonds. The zero-order valence-corrected chi connectivity index (χ0v) is 9.29. The van der Waals surface area contributed by atoms with Gasteiger partial charge in [-0.05, 0) is 26.0 Å². The summed E-state index contributed by atoms with van der Waals surface area (Å²) in [5, 5.41) is 3.21. The predicted molar refractivity (Wildman–Crippen MR) is 59.8 cm³/mol. The molecule has 1 nitrogen and oxygen atoms in total. The predicted octanol–water partition coefficient (Wildman–Crippen LogP) is 1.90. The molecule has 0 saturated carbocycles. The lowest BCUT2D eigenvalue weighted by Crippen LogP contribution is -2.23. The van der Waals surface area contributed by atoms with Crippen molar-refractivity contribution in [2.45, 2.75) is 19.4 Å². The van der Waals surface area contributed by atoms with E-state index in [1.807, 2.05) is 13.1 Å². The van der Waals surface area contributed by atoms with Crippen LogP contribution < -0.4 is 5.32 Å². The summed E-state index contributed by atoms with van der Waals surface area (Å²) in [6.45, 7) is 2.19. The maximum absolute atomic E-state index is 3.21. The number of hydrogen-bond acceptors (Lipinski definition) is 1. The standard InChI is InChI=1S/C10H15N.H3P/c1-9(11-2)8-10-6-4-3-5-7-10;/h3-7,9,11H,8H2,1-2H3;1H3. The van der Waals surface area contributed by atoms with Gasteiger partial charge in [0, 0.05) is 6.04 Å². The second kappa shape index (κ2) is 6.16. The first-order valence-corrected chi connectivity index (χ1v) is 4.04. The molecule has 68 valence electrons. The molecule has 1 aromatic rings. The quantitative estimate of drug-likeness (QED) is 0.706. The summed E-state index contributed by atoms with van der Waals surface area (Å²) in [6, 6.07) is 11.1. The first-order valence-electron chi connectivity index (χ1n) is 4.04. The van der Waals surface area contributed by atoms with Gasteiger partial charge in [0.15, 0.2) is 0 Å². The zero-order valence-electron chi connectivity index (χ0n) is 7.88. The summed E-state index contributed by atoms with van der Waals surface area (Å²) in [5.74, 6) is 0. The smallest absolute Gasteiger partial charge is 0.00761 e. The van der Waals surface area contributed by atoms with Crippen LogP contribution in [0, 0.1) is 0 Å². The Bertz CT molecular complexity index is 198. The Labute approximate surface area is 78.2 Å². The molecule has 1 rings (SSSR count). The highest BCUT2D eigenvalue weighted by atomic mass is 31.0. The molecule has 1 aromatic carbocycles. The van der Waals surface area contributed by atoms with E-state index in [0.29, 0.717) is 6.04 Å². The van der Waals surface area contributed by atoms with Crippen LogP contribution in [-0.2, 0) is 6.42 Å². The van der Waals surface area contributed by atoms with E-state index >= 15 is 0 Å². The molecule has 2 heteroatoms. The maximum Gasteiger partial charge on any atom is 0.00761 e. The minimum absolute atomic E-state index is 0. The van der Waals surface area contributed by atoms with Gasteiger partial charge in [-0.15, -0.1) is 0 Å². The molecule has 0 radical (unpaired) electrons. The first-order chi connectivity index (χ1) is 5.33. The highest BCUT2D eigenvalue weighted by Crippen LogP contribution is 2.01. The molecule has 1 N–H and O–H groups in total. The topological polar surface area (TPSA) is 12.0 Å². The maximum atomic E-state index is 3.21. The van der Waals surface area contributed by atoms with Crippen molar-refractivity contribution in [1.82, 2.24) is 5.32 Å². The number of nitrogens with one attached hydrogen (secondary N) is 1. The summed E-state index contributed by atoms with van der Waals surface area (Å²) < 4.78 is 0. The lowest BCUT2D eigenvalue weighted by atomic mass is 10.1. The van der Waals surface area contributed by atoms with Crippen molar-refractivity contribution in [1.29, 1.82) is 0 Å². The normalized spacial score (nSPS) is 11.8. The molecule has 0 aromatic heterocycles. The molecule has 0 aliphatic heterocycles. The molecule has 12 heavy (non-hydrogen) atoms. The number of rotatable bonds is 3. The molecule has 0 aliphatic carbocycles. The summed E-state index contributed by atoms with van der Waals surface area (Å²) in [5.41, 5.74) is 1.40. The van der Waals surface area contributed by atoms with Crippen LogP contribution in [0.5, 0.6) is 0 Å². The average molecular weight is 183 g/mol. The third-order valence-electron chi connectivity index (χ3n) is 1.88. The van der Waals surface area contributed by atoms with Crippen molar-refractivity contribution in [3.8, 4) is 0 Å². The van der Waals surface area contributed by atoms with Gasteiger partial charge in [-0.2, -0.15) is 9.90 Å². The van der Waals surface area contributed by atoms with Crippen LogP contribution in [0.25, 0.3) is 0 Å². The Hall–Kier alpha value is -0.390. The summed E-state index contributed by atoms with van der Waals surface area (Å²) in [4.78, 5) is 0. The molecule has 0 spiro atoms. The van der Waals surface area contributed by atoms with E-state index in [1.54, 1.807) is 0 Å². The lowest BCUT2D eigenvalue weighted by Gasteiger charge is -2.08. The van der Waals surface area contributed by atoms with Crippen LogP contribution in [0.3, 0.4) is 0 Å². The molecule has 0 fully saturated rings. The fraction of sp³-hybridized carbons (Fsp3) is 0.400. The van der Waals surface area contributed by atoms with Gasteiger partial charge in [-0.25, -0.2) is 0 Å². The Morgan fingerprint density at radius 2 is 1.83 bits per heavy atom. The van der Waals surface area contributed by atoms with Gasteiger partial charge in [-0.3, -0.25) is 0 Å². The van der Waals surface area contributed by atoms with Crippen LogP contribution in [0.4, 0.5) is 0 Å². The van der Waals surface area contributed by atoms with Gasteiger partial charge >= 0.3 is 0 Å². The summed E-state index contributed by atoms with van der Waals surface area (Å²) in [7, 11) is 1.99. The molecular formula is C10H18NP. The summed E-state index contributed by atoms with van der Waals surface area (Å²) >= 11 is 0. The van der Waals surface area contributed by atoms with Crippen LogP contribution in [-0.4, -0.2) is 13.1 Å². The van der Waals surface area contributed by atoms with Crippen molar-refractivity contribution in [2.24, 2.45) is 0 Å². The summed E-state index contributed by atoms with van der Waals surface area (Å²) in [6.07, 6.45) is 1.11. The third-order valence-corrected chi connectivity index (χ3v) is 1.88. The Morgan fingerprint density at radius 3 is 2.33 bits per heavy atom. The lowest BCUT2D eigenvalue weighted by molar-refractivity contribution is 0.608. The van der Waals surface area contributed by atoms with E-state index in [-0.39, 0.29) is 9.90 Å². The largest absolute Gasteiger partial charge is 0.317 e. The number of likely N-dealkylation sites (N-methyl/N-ethyl adjacent to an activating group) is 1. The van der Waals surface area contributed by atoms with E-state index in [0.717, 1.165) is 6.42 Å². The van der Waals surface area contributed by atoms with Crippen LogP contribution >= 0.6 is 9.90 Å². The van der Waals surface area contributed by atoms with E-state index in [9.17, 15) is 0 Å². The van der Waals surface area contributed by atoms with Crippen molar-refractivity contribution < 1.29 is 0 Å². The minimum Gasteiger partial charge on any atom is -0.317 e. The first kappa shape index (κ1) is 11.6. The Morgan fingerprint density at radius 1 is 1.25 bits per heavy atom. The fourth-order valence-corrected chi connectivity index (χ4v) is 1.07. The van der Waals surface area contributed by atoms with Gasteiger partial charge < -0.3 is 5.32 Å². The second-order valence-electron chi connectivity index (χ2n) is 2.88. The van der Waals surface area contributed by atoms with E-state index in [4.69, 9.17) is 0 Å². The molecule has 2 unspecified atom stereocenters. The van der Waals surface area contributed by atoms with Gasteiger partial charge in [0.2, 0.25) is 0 Å². The monoisotopic (exact) mass is 183 g/mol. The Kier molecular flexibility index (Phi) is 5.96. The molecule has 0 bridgehead atoms. The van der Waals surface area contributed by atoms with Crippen molar-refractivity contribution >= 4 is 9.90 Å².